The van der Waals surface area contributed by atoms with Gasteiger partial charge in [-0.15, -0.1) is 0 Å². The first-order chi connectivity index (χ1) is 14.6. The van der Waals surface area contributed by atoms with Gasteiger partial charge in [0.15, 0.2) is 12.2 Å². The number of esters is 4. The maximum atomic E-state index is 12.7. The fraction of sp³-hybridized carbons (Fsp3) is 0.478. The van der Waals surface area contributed by atoms with E-state index in [-0.39, 0.29) is 11.1 Å². The first-order valence-electron chi connectivity index (χ1n) is 9.97. The first-order valence-corrected chi connectivity index (χ1v) is 9.97. The van der Waals surface area contributed by atoms with Crippen molar-refractivity contribution in [2.75, 3.05) is 7.11 Å². The van der Waals surface area contributed by atoms with Crippen LogP contribution < -0.4 is 0 Å². The molecule has 0 radical (unpaired) electrons. The van der Waals surface area contributed by atoms with E-state index in [1.165, 1.54) is 14.0 Å². The average molecular weight is 432 g/mol. The van der Waals surface area contributed by atoms with Gasteiger partial charge < -0.3 is 18.9 Å². The molecule has 1 heterocycles. The molecule has 1 saturated heterocycles. The van der Waals surface area contributed by atoms with Gasteiger partial charge in [-0.1, -0.05) is 24.3 Å². The van der Waals surface area contributed by atoms with Gasteiger partial charge in [0.05, 0.1) is 18.6 Å². The molecular formula is C23H28O8. The summed E-state index contributed by atoms with van der Waals surface area (Å²) in [5, 5.41) is 0. The highest BCUT2D eigenvalue weighted by atomic mass is 16.6. The van der Waals surface area contributed by atoms with Gasteiger partial charge in [0, 0.05) is 18.1 Å². The number of allylic oxidation sites excluding steroid dienone is 3. The number of carbonyl (C=O) groups excluding carboxylic acids is 4. The second-order valence-electron chi connectivity index (χ2n) is 7.50. The normalized spacial score (nSPS) is 30.0. The molecule has 2 aliphatic rings. The lowest BCUT2D eigenvalue weighted by Gasteiger charge is -2.33. The third-order valence-corrected chi connectivity index (χ3v) is 5.28. The van der Waals surface area contributed by atoms with Crippen LogP contribution >= 0.6 is 0 Å². The van der Waals surface area contributed by atoms with Gasteiger partial charge in [-0.05, 0) is 39.7 Å². The van der Waals surface area contributed by atoms with Gasteiger partial charge in [-0.3, -0.25) is 4.79 Å². The van der Waals surface area contributed by atoms with E-state index < -0.39 is 48.1 Å². The molecule has 0 aromatic rings. The standard InChI is InChI=1S/C23H28O8/c1-7-13(3)21(25)31-20-18-14(4)22(26)30-17(18)11-12(2)9-8-10-16(23(27)28-6)19(20)29-15(5)24/h7,10-11,17-20H,4,8-9H2,1-3,5-6H3/b12-11+,13-7-,16-10+/t17-,18-,19-,20-/m1/s1. The molecular weight excluding hydrogens is 404 g/mol. The SMILES string of the molecule is C=C1C(=O)O[C@@H]2/C=C(\C)CC/C=C(/C(=O)OC)[C@@H](OC(C)=O)[C@H](OC(=O)/C(C)=C\C)[C@H]12. The molecule has 31 heavy (non-hydrogen) atoms. The predicted molar refractivity (Wildman–Crippen MR) is 110 cm³/mol. The lowest BCUT2D eigenvalue weighted by Crippen LogP contribution is -2.46. The van der Waals surface area contributed by atoms with Crippen molar-refractivity contribution in [1.82, 2.24) is 0 Å². The molecule has 2 rings (SSSR count). The van der Waals surface area contributed by atoms with Crippen molar-refractivity contribution in [3.8, 4) is 0 Å². The second kappa shape index (κ2) is 10.2. The van der Waals surface area contributed by atoms with E-state index >= 15 is 0 Å². The molecule has 1 aliphatic carbocycles. The van der Waals surface area contributed by atoms with Crippen LogP contribution in [0.2, 0.25) is 0 Å². The highest BCUT2D eigenvalue weighted by Crippen LogP contribution is 2.38. The minimum Gasteiger partial charge on any atom is -0.466 e. The van der Waals surface area contributed by atoms with E-state index in [4.69, 9.17) is 18.9 Å². The molecule has 1 aliphatic heterocycles. The third-order valence-electron chi connectivity index (χ3n) is 5.28. The number of rotatable bonds is 4. The van der Waals surface area contributed by atoms with Gasteiger partial charge in [0.2, 0.25) is 0 Å². The summed E-state index contributed by atoms with van der Waals surface area (Å²) in [6.45, 7) is 10.1. The third kappa shape index (κ3) is 5.51. The van der Waals surface area contributed by atoms with Crippen molar-refractivity contribution in [1.29, 1.82) is 0 Å². The quantitative estimate of drug-likeness (QED) is 0.289. The summed E-state index contributed by atoms with van der Waals surface area (Å²) >= 11 is 0. The molecule has 8 heteroatoms. The molecule has 0 bridgehead atoms. The monoisotopic (exact) mass is 432 g/mol. The van der Waals surface area contributed by atoms with E-state index in [0.29, 0.717) is 18.4 Å². The van der Waals surface area contributed by atoms with Crippen molar-refractivity contribution in [3.63, 3.8) is 0 Å². The summed E-state index contributed by atoms with van der Waals surface area (Å²) in [5.41, 5.74) is 1.31. The lowest BCUT2D eigenvalue weighted by atomic mass is 9.83. The zero-order chi connectivity index (χ0) is 23.3. The Balaban J connectivity index is 2.70. The molecule has 0 spiro atoms. The zero-order valence-electron chi connectivity index (χ0n) is 18.4. The topological polar surface area (TPSA) is 105 Å². The molecule has 1 fully saturated rings. The first kappa shape index (κ1) is 24.1. The van der Waals surface area contributed by atoms with Crippen LogP contribution in [0.1, 0.15) is 40.5 Å². The molecule has 0 aromatic carbocycles. The second-order valence-corrected chi connectivity index (χ2v) is 7.50. The Morgan fingerprint density at radius 1 is 1.23 bits per heavy atom. The summed E-state index contributed by atoms with van der Waals surface area (Å²) in [6, 6.07) is 0. The predicted octanol–water partition coefficient (Wildman–Crippen LogP) is 2.73. The van der Waals surface area contributed by atoms with Crippen LogP contribution in [0.25, 0.3) is 0 Å². The van der Waals surface area contributed by atoms with Crippen LogP contribution in [0.5, 0.6) is 0 Å². The van der Waals surface area contributed by atoms with Gasteiger partial charge in [-0.2, -0.15) is 0 Å². The Kier molecular flexibility index (Phi) is 7.96. The number of hydrogen-bond acceptors (Lipinski definition) is 8. The molecule has 8 nitrogen and oxygen atoms in total. The van der Waals surface area contributed by atoms with E-state index in [1.807, 2.05) is 6.92 Å². The van der Waals surface area contributed by atoms with Gasteiger partial charge in [-0.25, -0.2) is 14.4 Å². The lowest BCUT2D eigenvalue weighted by molar-refractivity contribution is -0.167. The number of carbonyl (C=O) groups is 4. The Morgan fingerprint density at radius 2 is 1.90 bits per heavy atom. The largest absolute Gasteiger partial charge is 0.466 e. The van der Waals surface area contributed by atoms with Crippen LogP contribution in [0.4, 0.5) is 0 Å². The number of hydrogen-bond donors (Lipinski definition) is 0. The molecule has 0 saturated carbocycles. The summed E-state index contributed by atoms with van der Waals surface area (Å²) in [6.07, 6.45) is 2.58. The van der Waals surface area contributed by atoms with Crippen LogP contribution in [-0.4, -0.2) is 49.3 Å². The fourth-order valence-corrected chi connectivity index (χ4v) is 3.53. The Hall–Kier alpha value is -3.16. The van der Waals surface area contributed by atoms with E-state index in [9.17, 15) is 19.2 Å². The van der Waals surface area contributed by atoms with Crippen molar-refractivity contribution in [3.05, 3.63) is 47.1 Å². The molecule has 4 atom stereocenters. The maximum Gasteiger partial charge on any atom is 0.337 e. The highest BCUT2D eigenvalue weighted by molar-refractivity contribution is 5.93. The summed E-state index contributed by atoms with van der Waals surface area (Å²) < 4.78 is 21.5. The number of methoxy groups -OCH3 is 1. The van der Waals surface area contributed by atoms with Crippen LogP contribution in [0.15, 0.2) is 47.1 Å². The minimum absolute atomic E-state index is 0.0224. The van der Waals surface area contributed by atoms with Crippen molar-refractivity contribution in [2.24, 2.45) is 5.92 Å². The summed E-state index contributed by atoms with van der Waals surface area (Å²) in [7, 11) is 1.20. The molecule has 0 aromatic heterocycles. The summed E-state index contributed by atoms with van der Waals surface area (Å²) in [4.78, 5) is 49.6. The zero-order valence-corrected chi connectivity index (χ0v) is 18.4. The Morgan fingerprint density at radius 3 is 2.48 bits per heavy atom. The van der Waals surface area contributed by atoms with Crippen molar-refractivity contribution in [2.45, 2.75) is 58.8 Å². The van der Waals surface area contributed by atoms with Gasteiger partial charge in [0.25, 0.3) is 0 Å². The minimum atomic E-state index is -1.32. The van der Waals surface area contributed by atoms with Gasteiger partial charge in [0.1, 0.15) is 6.10 Å². The van der Waals surface area contributed by atoms with Crippen LogP contribution in [-0.2, 0) is 38.1 Å². The Bertz CT molecular complexity index is 876. The fourth-order valence-electron chi connectivity index (χ4n) is 3.53. The number of ether oxygens (including phenoxy) is 4. The Labute approximate surface area is 181 Å². The van der Waals surface area contributed by atoms with Crippen LogP contribution in [0, 0.1) is 5.92 Å². The average Bonchev–Trinajstić information content (AvgIpc) is 2.99. The van der Waals surface area contributed by atoms with E-state index in [0.717, 1.165) is 5.57 Å². The van der Waals surface area contributed by atoms with Gasteiger partial charge >= 0.3 is 23.9 Å². The molecule has 0 amide bonds. The van der Waals surface area contributed by atoms with Crippen molar-refractivity contribution < 1.29 is 38.1 Å². The summed E-state index contributed by atoms with van der Waals surface area (Å²) in [5.74, 6) is -3.62. The van der Waals surface area contributed by atoms with E-state index in [1.54, 1.807) is 32.1 Å². The molecule has 0 N–H and O–H groups in total. The maximum absolute atomic E-state index is 12.7. The van der Waals surface area contributed by atoms with Crippen LogP contribution in [0.3, 0.4) is 0 Å². The van der Waals surface area contributed by atoms with Crippen molar-refractivity contribution >= 4 is 23.9 Å². The number of fused-ring (bicyclic) bond motifs is 1. The smallest absolute Gasteiger partial charge is 0.337 e. The highest BCUT2D eigenvalue weighted by Gasteiger charge is 2.50. The molecule has 168 valence electrons. The molecule has 0 unspecified atom stereocenters. The van der Waals surface area contributed by atoms with E-state index in [2.05, 4.69) is 6.58 Å².